The summed E-state index contributed by atoms with van der Waals surface area (Å²) < 4.78 is 39.4. The Hall–Kier alpha value is -0.980. The molecule has 0 unspecified atom stereocenters. The first-order valence-corrected chi connectivity index (χ1v) is 8.48. The maximum absolute atomic E-state index is 13.6. The van der Waals surface area contributed by atoms with Gasteiger partial charge in [-0.3, -0.25) is 0 Å². The zero-order chi connectivity index (χ0) is 14.6. The predicted octanol–water partition coefficient (Wildman–Crippen LogP) is 1.59. The zero-order valence-electron chi connectivity index (χ0n) is 11.7. The SMILES string of the molecule is CN(Cc1ccccc1F)S(=O)(=O)CC1CCNCC1. The van der Waals surface area contributed by atoms with Crippen molar-refractivity contribution in [2.24, 2.45) is 5.92 Å². The molecule has 1 aliphatic rings. The van der Waals surface area contributed by atoms with E-state index in [-0.39, 0.29) is 24.0 Å². The Morgan fingerprint density at radius 1 is 1.30 bits per heavy atom. The molecule has 1 N–H and O–H groups in total. The minimum absolute atomic E-state index is 0.0833. The number of benzene rings is 1. The molecule has 20 heavy (non-hydrogen) atoms. The average molecular weight is 300 g/mol. The van der Waals surface area contributed by atoms with Crippen molar-refractivity contribution in [3.05, 3.63) is 35.6 Å². The van der Waals surface area contributed by atoms with Gasteiger partial charge in [-0.2, -0.15) is 0 Å². The van der Waals surface area contributed by atoms with Crippen LogP contribution in [0.2, 0.25) is 0 Å². The molecular formula is C14H21FN2O2S. The first-order chi connectivity index (χ1) is 9.49. The molecule has 0 aromatic heterocycles. The van der Waals surface area contributed by atoms with Gasteiger partial charge in [0.25, 0.3) is 0 Å². The van der Waals surface area contributed by atoms with Crippen molar-refractivity contribution >= 4 is 10.0 Å². The van der Waals surface area contributed by atoms with E-state index in [0.29, 0.717) is 5.56 Å². The second kappa shape index (κ2) is 6.65. The Kier molecular flexibility index (Phi) is 5.12. The molecule has 0 amide bonds. The highest BCUT2D eigenvalue weighted by Crippen LogP contribution is 2.18. The molecule has 2 rings (SSSR count). The Labute approximate surface area is 120 Å². The van der Waals surface area contributed by atoms with E-state index in [1.54, 1.807) is 18.2 Å². The molecule has 0 aliphatic carbocycles. The lowest BCUT2D eigenvalue weighted by molar-refractivity contribution is 0.387. The molecule has 4 nitrogen and oxygen atoms in total. The Morgan fingerprint density at radius 3 is 2.60 bits per heavy atom. The van der Waals surface area contributed by atoms with Crippen molar-refractivity contribution in [3.63, 3.8) is 0 Å². The third-order valence-electron chi connectivity index (χ3n) is 3.73. The van der Waals surface area contributed by atoms with Crippen molar-refractivity contribution < 1.29 is 12.8 Å². The van der Waals surface area contributed by atoms with E-state index in [1.165, 1.54) is 17.4 Å². The van der Waals surface area contributed by atoms with Crippen LogP contribution in [-0.4, -0.2) is 38.6 Å². The van der Waals surface area contributed by atoms with Gasteiger partial charge < -0.3 is 5.32 Å². The maximum Gasteiger partial charge on any atom is 0.214 e. The number of hydrogen-bond donors (Lipinski definition) is 1. The summed E-state index contributed by atoms with van der Waals surface area (Å²) in [6.45, 7) is 1.83. The van der Waals surface area contributed by atoms with Crippen LogP contribution in [0.1, 0.15) is 18.4 Å². The average Bonchev–Trinajstić information content (AvgIpc) is 2.42. The quantitative estimate of drug-likeness (QED) is 0.898. The van der Waals surface area contributed by atoms with Gasteiger partial charge in [0.15, 0.2) is 0 Å². The van der Waals surface area contributed by atoms with E-state index in [0.717, 1.165) is 25.9 Å². The fraction of sp³-hybridized carbons (Fsp3) is 0.571. The van der Waals surface area contributed by atoms with Crippen LogP contribution in [0.3, 0.4) is 0 Å². The van der Waals surface area contributed by atoms with Crippen LogP contribution in [0.5, 0.6) is 0 Å². The topological polar surface area (TPSA) is 49.4 Å². The molecule has 1 saturated heterocycles. The third kappa shape index (κ3) is 4.01. The summed E-state index contributed by atoms with van der Waals surface area (Å²) in [5.74, 6) is -0.0136. The van der Waals surface area contributed by atoms with Crippen LogP contribution in [0, 0.1) is 11.7 Å². The monoisotopic (exact) mass is 300 g/mol. The van der Waals surface area contributed by atoms with E-state index in [4.69, 9.17) is 0 Å². The van der Waals surface area contributed by atoms with E-state index in [2.05, 4.69) is 5.32 Å². The molecule has 0 saturated carbocycles. The molecule has 1 heterocycles. The number of nitrogens with zero attached hydrogens (tertiary/aromatic N) is 1. The van der Waals surface area contributed by atoms with Crippen LogP contribution in [0.15, 0.2) is 24.3 Å². The van der Waals surface area contributed by atoms with Gasteiger partial charge >= 0.3 is 0 Å². The van der Waals surface area contributed by atoms with Crippen LogP contribution in [0.4, 0.5) is 4.39 Å². The van der Waals surface area contributed by atoms with E-state index < -0.39 is 10.0 Å². The van der Waals surface area contributed by atoms with Gasteiger partial charge in [0, 0.05) is 19.2 Å². The van der Waals surface area contributed by atoms with Crippen LogP contribution < -0.4 is 5.32 Å². The summed E-state index contributed by atoms with van der Waals surface area (Å²) >= 11 is 0. The second-order valence-corrected chi connectivity index (χ2v) is 7.44. The van der Waals surface area contributed by atoms with E-state index >= 15 is 0 Å². The van der Waals surface area contributed by atoms with Crippen LogP contribution in [-0.2, 0) is 16.6 Å². The summed E-state index contributed by atoms with van der Waals surface area (Å²) in [6.07, 6.45) is 1.76. The summed E-state index contributed by atoms with van der Waals surface area (Å²) in [6, 6.07) is 6.28. The molecule has 1 aromatic rings. The fourth-order valence-electron chi connectivity index (χ4n) is 2.44. The third-order valence-corrected chi connectivity index (χ3v) is 5.70. The summed E-state index contributed by atoms with van der Waals surface area (Å²) in [5, 5.41) is 3.22. The molecule has 1 aromatic carbocycles. The largest absolute Gasteiger partial charge is 0.317 e. The molecule has 0 bridgehead atoms. The molecule has 1 aliphatic heterocycles. The lowest BCUT2D eigenvalue weighted by atomic mass is 10.0. The lowest BCUT2D eigenvalue weighted by Gasteiger charge is -2.25. The van der Waals surface area contributed by atoms with Gasteiger partial charge in [0.05, 0.1) is 5.75 Å². The number of rotatable bonds is 5. The number of sulfonamides is 1. The molecule has 0 spiro atoms. The normalized spacial score (nSPS) is 17.6. The smallest absolute Gasteiger partial charge is 0.214 e. The standard InChI is InChI=1S/C14H21FN2O2S/c1-17(10-13-4-2-3-5-14(13)15)20(18,19)11-12-6-8-16-9-7-12/h2-5,12,16H,6-11H2,1H3. The number of piperidine rings is 1. The van der Waals surface area contributed by atoms with Gasteiger partial charge in [-0.1, -0.05) is 18.2 Å². The van der Waals surface area contributed by atoms with E-state index in [1.807, 2.05) is 0 Å². The van der Waals surface area contributed by atoms with Gasteiger partial charge in [-0.15, -0.1) is 0 Å². The first-order valence-electron chi connectivity index (χ1n) is 6.87. The highest BCUT2D eigenvalue weighted by atomic mass is 32.2. The molecule has 0 radical (unpaired) electrons. The Balaban J connectivity index is 1.99. The first kappa shape index (κ1) is 15.4. The van der Waals surface area contributed by atoms with Crippen molar-refractivity contribution in [3.8, 4) is 0 Å². The zero-order valence-corrected chi connectivity index (χ0v) is 12.5. The minimum Gasteiger partial charge on any atom is -0.317 e. The number of hydrogen-bond acceptors (Lipinski definition) is 3. The fourth-order valence-corrected chi connectivity index (χ4v) is 3.96. The molecule has 6 heteroatoms. The highest BCUT2D eigenvalue weighted by Gasteiger charge is 2.25. The van der Waals surface area contributed by atoms with Gasteiger partial charge in [-0.05, 0) is 37.9 Å². The number of halogens is 1. The maximum atomic E-state index is 13.6. The second-order valence-electron chi connectivity index (χ2n) is 5.32. The van der Waals surface area contributed by atoms with Crippen LogP contribution >= 0.6 is 0 Å². The molecule has 112 valence electrons. The summed E-state index contributed by atoms with van der Waals surface area (Å²) in [4.78, 5) is 0. The predicted molar refractivity (Wildman–Crippen MR) is 77.2 cm³/mol. The van der Waals surface area contributed by atoms with Crippen molar-refractivity contribution in [1.29, 1.82) is 0 Å². The summed E-state index contributed by atoms with van der Waals surface area (Å²) in [7, 11) is -1.82. The minimum atomic E-state index is -3.34. The molecule has 1 fully saturated rings. The Bertz CT molecular complexity index is 542. The highest BCUT2D eigenvalue weighted by molar-refractivity contribution is 7.89. The van der Waals surface area contributed by atoms with Crippen molar-refractivity contribution in [2.75, 3.05) is 25.9 Å². The number of nitrogens with one attached hydrogen (secondary N) is 1. The molecular weight excluding hydrogens is 279 g/mol. The van der Waals surface area contributed by atoms with Gasteiger partial charge in [-0.25, -0.2) is 17.1 Å². The Morgan fingerprint density at radius 2 is 1.95 bits per heavy atom. The van der Waals surface area contributed by atoms with Crippen molar-refractivity contribution in [2.45, 2.75) is 19.4 Å². The summed E-state index contributed by atoms with van der Waals surface area (Å²) in [5.41, 5.74) is 0.406. The lowest BCUT2D eigenvalue weighted by Crippen LogP contribution is -2.36. The van der Waals surface area contributed by atoms with Crippen LogP contribution in [0.25, 0.3) is 0 Å². The van der Waals surface area contributed by atoms with Gasteiger partial charge in [0.2, 0.25) is 10.0 Å². The molecule has 0 atom stereocenters. The van der Waals surface area contributed by atoms with Gasteiger partial charge in [0.1, 0.15) is 5.82 Å². The van der Waals surface area contributed by atoms with E-state index in [9.17, 15) is 12.8 Å². The van der Waals surface area contributed by atoms with Crippen molar-refractivity contribution in [1.82, 2.24) is 9.62 Å².